The fraction of sp³-hybridized carbons (Fsp3) is 0.192. The zero-order chi connectivity index (χ0) is 22.1. The molecular weight excluding hydrogens is 402 g/mol. The number of carbonyl (C=O) groups is 2. The van der Waals surface area contributed by atoms with E-state index in [1.165, 1.54) is 0 Å². The zero-order valence-corrected chi connectivity index (χ0v) is 17.7. The second kappa shape index (κ2) is 8.30. The maximum atomic E-state index is 13.2. The van der Waals surface area contributed by atoms with Gasteiger partial charge in [0.25, 0.3) is 5.91 Å². The highest BCUT2D eigenvalue weighted by molar-refractivity contribution is 6.07. The van der Waals surface area contributed by atoms with Gasteiger partial charge in [0.15, 0.2) is 5.76 Å². The fourth-order valence-electron chi connectivity index (χ4n) is 3.72. The van der Waals surface area contributed by atoms with E-state index in [0.717, 1.165) is 35.0 Å². The zero-order valence-electron chi connectivity index (χ0n) is 17.7. The molecule has 1 aliphatic carbocycles. The lowest BCUT2D eigenvalue weighted by molar-refractivity contribution is -0.117. The van der Waals surface area contributed by atoms with Gasteiger partial charge in [0, 0.05) is 17.0 Å². The molecule has 32 heavy (non-hydrogen) atoms. The van der Waals surface area contributed by atoms with Gasteiger partial charge in [-0.05, 0) is 61.7 Å². The van der Waals surface area contributed by atoms with Crippen LogP contribution in [0.4, 0.5) is 5.69 Å². The maximum Gasteiger partial charge on any atom is 0.252 e. The topological polar surface area (TPSA) is 84.2 Å². The summed E-state index contributed by atoms with van der Waals surface area (Å²) in [5, 5.41) is 6.80. The number of nitrogens with zero attached hydrogens (tertiary/aromatic N) is 1. The Morgan fingerprint density at radius 2 is 1.81 bits per heavy atom. The van der Waals surface area contributed by atoms with E-state index in [1.807, 2.05) is 61.5 Å². The molecule has 6 nitrogen and oxygen atoms in total. The molecule has 2 heterocycles. The molecule has 1 aliphatic rings. The molecule has 2 amide bonds. The molecule has 1 fully saturated rings. The van der Waals surface area contributed by atoms with Crippen LogP contribution in [0.5, 0.6) is 0 Å². The van der Waals surface area contributed by atoms with Gasteiger partial charge < -0.3 is 15.1 Å². The van der Waals surface area contributed by atoms with Crippen molar-refractivity contribution in [1.29, 1.82) is 0 Å². The Hall–Kier alpha value is -3.93. The lowest BCUT2D eigenvalue weighted by Gasteiger charge is -2.16. The molecule has 4 aromatic rings. The van der Waals surface area contributed by atoms with E-state index in [0.29, 0.717) is 17.0 Å². The molecule has 0 bridgehead atoms. The first-order valence-corrected chi connectivity index (χ1v) is 10.7. The summed E-state index contributed by atoms with van der Waals surface area (Å²) in [6, 6.07) is 20.3. The number of furan rings is 1. The molecular formula is C26H23N3O3. The first-order valence-electron chi connectivity index (χ1n) is 10.7. The number of rotatable bonds is 6. The minimum Gasteiger partial charge on any atom is -0.463 e. The van der Waals surface area contributed by atoms with Crippen molar-refractivity contribution in [3.05, 3.63) is 84.1 Å². The standard InChI is InChI=1S/C26H23N3O3/c1-16(17-10-12-19(13-11-17)28-25(30)18-8-9-18)27-26(31)21-15-23(24-7-4-14-32-24)29-22-6-3-2-5-20(21)22/h2-7,10-16,18H,8-9H2,1H3,(H,27,31)(H,28,30). The number of hydrogen-bond donors (Lipinski definition) is 2. The molecule has 6 heteroatoms. The molecule has 160 valence electrons. The predicted molar refractivity (Wildman–Crippen MR) is 123 cm³/mol. The maximum absolute atomic E-state index is 13.2. The van der Waals surface area contributed by atoms with Crippen LogP contribution in [0.15, 0.2) is 77.4 Å². The highest BCUT2D eigenvalue weighted by atomic mass is 16.3. The number of carbonyl (C=O) groups excluding carboxylic acids is 2. The van der Waals surface area contributed by atoms with Crippen molar-refractivity contribution in [2.24, 2.45) is 5.92 Å². The Bertz CT molecular complexity index is 1280. The molecule has 2 aromatic carbocycles. The van der Waals surface area contributed by atoms with Crippen molar-refractivity contribution in [2.45, 2.75) is 25.8 Å². The van der Waals surface area contributed by atoms with E-state index in [2.05, 4.69) is 15.6 Å². The van der Waals surface area contributed by atoms with Gasteiger partial charge in [-0.3, -0.25) is 9.59 Å². The minimum atomic E-state index is -0.213. The average Bonchev–Trinajstić information content (AvgIpc) is 3.53. The quantitative estimate of drug-likeness (QED) is 0.437. The number of benzene rings is 2. The fourth-order valence-corrected chi connectivity index (χ4v) is 3.72. The molecule has 1 atom stereocenters. The summed E-state index contributed by atoms with van der Waals surface area (Å²) in [5.41, 5.74) is 3.61. The largest absolute Gasteiger partial charge is 0.463 e. The first-order chi connectivity index (χ1) is 15.6. The molecule has 5 rings (SSSR count). The second-order valence-corrected chi connectivity index (χ2v) is 8.13. The summed E-state index contributed by atoms with van der Waals surface area (Å²) >= 11 is 0. The van der Waals surface area contributed by atoms with Crippen LogP contribution in [0.3, 0.4) is 0 Å². The van der Waals surface area contributed by atoms with Gasteiger partial charge in [-0.25, -0.2) is 4.98 Å². The lowest BCUT2D eigenvalue weighted by atomic mass is 10.0. The third-order valence-electron chi connectivity index (χ3n) is 5.71. The van der Waals surface area contributed by atoms with Crippen LogP contribution in [-0.2, 0) is 4.79 Å². The van der Waals surface area contributed by atoms with Gasteiger partial charge in [0.05, 0.1) is 23.4 Å². The van der Waals surface area contributed by atoms with E-state index in [-0.39, 0.29) is 23.8 Å². The first kappa shape index (κ1) is 20.0. The average molecular weight is 425 g/mol. The smallest absolute Gasteiger partial charge is 0.252 e. The Kier molecular flexibility index (Phi) is 5.19. The van der Waals surface area contributed by atoms with Crippen LogP contribution in [-0.4, -0.2) is 16.8 Å². The molecule has 0 spiro atoms. The van der Waals surface area contributed by atoms with Crippen molar-refractivity contribution in [2.75, 3.05) is 5.32 Å². The Balaban J connectivity index is 1.36. The number of nitrogens with one attached hydrogen (secondary N) is 2. The van der Waals surface area contributed by atoms with Gasteiger partial charge in [-0.15, -0.1) is 0 Å². The van der Waals surface area contributed by atoms with E-state index in [9.17, 15) is 9.59 Å². The van der Waals surface area contributed by atoms with E-state index < -0.39 is 0 Å². The summed E-state index contributed by atoms with van der Waals surface area (Å²) in [7, 11) is 0. The van der Waals surface area contributed by atoms with Crippen LogP contribution in [0.1, 0.15) is 41.7 Å². The van der Waals surface area contributed by atoms with Crippen LogP contribution in [0.2, 0.25) is 0 Å². The van der Waals surface area contributed by atoms with Crippen molar-refractivity contribution in [1.82, 2.24) is 10.3 Å². The predicted octanol–water partition coefficient (Wildman–Crippen LogP) is 5.33. The Labute approximate surface area is 185 Å². The summed E-state index contributed by atoms with van der Waals surface area (Å²) < 4.78 is 5.49. The molecule has 1 unspecified atom stereocenters. The van der Waals surface area contributed by atoms with Gasteiger partial charge in [0.1, 0.15) is 5.69 Å². The summed E-state index contributed by atoms with van der Waals surface area (Å²) in [5.74, 6) is 0.668. The molecule has 2 aromatic heterocycles. The van der Waals surface area contributed by atoms with Gasteiger partial charge in [-0.1, -0.05) is 30.3 Å². The van der Waals surface area contributed by atoms with Crippen LogP contribution >= 0.6 is 0 Å². The van der Waals surface area contributed by atoms with E-state index >= 15 is 0 Å². The number of aromatic nitrogens is 1. The van der Waals surface area contributed by atoms with Crippen molar-refractivity contribution in [3.8, 4) is 11.5 Å². The Morgan fingerprint density at radius 1 is 1.03 bits per heavy atom. The van der Waals surface area contributed by atoms with Crippen molar-refractivity contribution >= 4 is 28.4 Å². The third kappa shape index (κ3) is 4.12. The monoisotopic (exact) mass is 425 g/mol. The molecule has 1 saturated carbocycles. The van der Waals surface area contributed by atoms with Gasteiger partial charge in [0.2, 0.25) is 5.91 Å². The number of hydrogen-bond acceptors (Lipinski definition) is 4. The van der Waals surface area contributed by atoms with Crippen LogP contribution in [0, 0.1) is 5.92 Å². The third-order valence-corrected chi connectivity index (χ3v) is 5.71. The second-order valence-electron chi connectivity index (χ2n) is 8.13. The van der Waals surface area contributed by atoms with Crippen LogP contribution in [0.25, 0.3) is 22.4 Å². The summed E-state index contributed by atoms with van der Waals surface area (Å²) in [6.07, 6.45) is 3.53. The minimum absolute atomic E-state index is 0.0797. The molecule has 0 radical (unpaired) electrons. The van der Waals surface area contributed by atoms with Crippen molar-refractivity contribution < 1.29 is 14.0 Å². The Morgan fingerprint density at radius 3 is 2.53 bits per heavy atom. The number of para-hydroxylation sites is 1. The summed E-state index contributed by atoms with van der Waals surface area (Å²) in [4.78, 5) is 29.8. The highest BCUT2D eigenvalue weighted by Crippen LogP contribution is 2.30. The van der Waals surface area contributed by atoms with Gasteiger partial charge in [-0.2, -0.15) is 0 Å². The number of pyridine rings is 1. The molecule has 0 aliphatic heterocycles. The number of fused-ring (bicyclic) bond motifs is 1. The van der Waals surface area contributed by atoms with Gasteiger partial charge >= 0.3 is 0 Å². The summed E-state index contributed by atoms with van der Waals surface area (Å²) in [6.45, 7) is 1.94. The SMILES string of the molecule is CC(NC(=O)c1cc(-c2ccco2)nc2ccccc12)c1ccc(NC(=O)C2CC2)cc1. The lowest BCUT2D eigenvalue weighted by Crippen LogP contribution is -2.27. The molecule has 0 saturated heterocycles. The molecule has 2 N–H and O–H groups in total. The van der Waals surface area contributed by atoms with E-state index in [4.69, 9.17) is 4.42 Å². The van der Waals surface area contributed by atoms with Crippen molar-refractivity contribution in [3.63, 3.8) is 0 Å². The highest BCUT2D eigenvalue weighted by Gasteiger charge is 2.29. The number of anilines is 1. The normalized spacial score (nSPS) is 14.2. The number of amides is 2. The van der Waals surface area contributed by atoms with E-state index in [1.54, 1.807) is 18.4 Å². The van der Waals surface area contributed by atoms with Crippen LogP contribution < -0.4 is 10.6 Å².